The van der Waals surface area contributed by atoms with Crippen molar-refractivity contribution >= 4 is 5.91 Å². The van der Waals surface area contributed by atoms with E-state index in [-0.39, 0.29) is 24.0 Å². The summed E-state index contributed by atoms with van der Waals surface area (Å²) in [5, 5.41) is 6.60. The van der Waals surface area contributed by atoms with Crippen LogP contribution in [0, 0.1) is 5.92 Å². The SMILES string of the molecule is CCC1OCCC1C(=O)NC1CCCNC1C. The van der Waals surface area contributed by atoms with Crippen molar-refractivity contribution in [2.24, 2.45) is 5.92 Å². The van der Waals surface area contributed by atoms with Crippen LogP contribution in [0.1, 0.15) is 39.5 Å². The highest BCUT2D eigenvalue weighted by atomic mass is 16.5. The number of nitrogens with one attached hydrogen (secondary N) is 2. The Hall–Kier alpha value is -0.610. The van der Waals surface area contributed by atoms with Crippen molar-refractivity contribution in [3.63, 3.8) is 0 Å². The lowest BCUT2D eigenvalue weighted by Crippen LogP contribution is -2.53. The van der Waals surface area contributed by atoms with E-state index in [2.05, 4.69) is 24.5 Å². The Morgan fingerprint density at radius 2 is 2.29 bits per heavy atom. The van der Waals surface area contributed by atoms with Crippen LogP contribution in [-0.4, -0.2) is 37.2 Å². The monoisotopic (exact) mass is 240 g/mol. The molecule has 2 heterocycles. The second-order valence-corrected chi connectivity index (χ2v) is 5.21. The Kier molecular flexibility index (Phi) is 4.40. The molecule has 0 spiro atoms. The van der Waals surface area contributed by atoms with Crippen molar-refractivity contribution in [2.45, 2.75) is 57.7 Å². The first-order chi connectivity index (χ1) is 8.22. The molecule has 2 saturated heterocycles. The first kappa shape index (κ1) is 12.8. The molecule has 2 aliphatic rings. The second-order valence-electron chi connectivity index (χ2n) is 5.21. The van der Waals surface area contributed by atoms with Gasteiger partial charge in [-0.1, -0.05) is 6.92 Å². The minimum atomic E-state index is 0.0640. The Morgan fingerprint density at radius 1 is 1.47 bits per heavy atom. The summed E-state index contributed by atoms with van der Waals surface area (Å²) in [5.74, 6) is 0.254. The molecule has 1 amide bonds. The van der Waals surface area contributed by atoms with Gasteiger partial charge in [0.25, 0.3) is 0 Å². The third-order valence-electron chi connectivity index (χ3n) is 4.04. The molecule has 2 rings (SSSR count). The van der Waals surface area contributed by atoms with Gasteiger partial charge in [-0.05, 0) is 39.2 Å². The molecule has 2 aliphatic heterocycles. The van der Waals surface area contributed by atoms with E-state index < -0.39 is 0 Å². The lowest BCUT2D eigenvalue weighted by Gasteiger charge is -2.32. The molecular formula is C13H24N2O2. The summed E-state index contributed by atoms with van der Waals surface area (Å²) in [7, 11) is 0. The molecule has 98 valence electrons. The van der Waals surface area contributed by atoms with Gasteiger partial charge < -0.3 is 15.4 Å². The molecule has 0 aromatic rings. The topological polar surface area (TPSA) is 50.4 Å². The van der Waals surface area contributed by atoms with Crippen LogP contribution >= 0.6 is 0 Å². The minimum absolute atomic E-state index is 0.0640. The number of piperidine rings is 1. The van der Waals surface area contributed by atoms with Crippen molar-refractivity contribution in [1.82, 2.24) is 10.6 Å². The predicted octanol–water partition coefficient (Wildman–Crippen LogP) is 1.06. The van der Waals surface area contributed by atoms with Gasteiger partial charge in [0.15, 0.2) is 0 Å². The van der Waals surface area contributed by atoms with Crippen molar-refractivity contribution in [3.8, 4) is 0 Å². The van der Waals surface area contributed by atoms with Crippen molar-refractivity contribution in [3.05, 3.63) is 0 Å². The molecule has 4 heteroatoms. The summed E-state index contributed by atoms with van der Waals surface area (Å²) < 4.78 is 5.58. The van der Waals surface area contributed by atoms with Crippen LogP contribution in [0.2, 0.25) is 0 Å². The van der Waals surface area contributed by atoms with E-state index in [9.17, 15) is 4.79 Å². The molecule has 0 bridgehead atoms. The quantitative estimate of drug-likeness (QED) is 0.775. The zero-order valence-electron chi connectivity index (χ0n) is 10.9. The summed E-state index contributed by atoms with van der Waals surface area (Å²) in [6, 6.07) is 0.671. The smallest absolute Gasteiger partial charge is 0.226 e. The summed E-state index contributed by atoms with van der Waals surface area (Å²) >= 11 is 0. The average molecular weight is 240 g/mol. The molecule has 4 nitrogen and oxygen atoms in total. The van der Waals surface area contributed by atoms with E-state index in [1.807, 2.05) is 0 Å². The highest BCUT2D eigenvalue weighted by Gasteiger charge is 2.34. The van der Waals surface area contributed by atoms with E-state index in [1.54, 1.807) is 0 Å². The van der Waals surface area contributed by atoms with E-state index in [0.717, 1.165) is 38.8 Å². The number of rotatable bonds is 3. The number of hydrogen-bond acceptors (Lipinski definition) is 3. The lowest BCUT2D eigenvalue weighted by atomic mass is 9.95. The molecular weight excluding hydrogens is 216 g/mol. The van der Waals surface area contributed by atoms with Gasteiger partial charge in [-0.15, -0.1) is 0 Å². The van der Waals surface area contributed by atoms with Crippen LogP contribution < -0.4 is 10.6 Å². The van der Waals surface area contributed by atoms with Crippen LogP contribution in [0.15, 0.2) is 0 Å². The molecule has 0 aromatic heterocycles. The molecule has 0 aliphatic carbocycles. The number of carbonyl (C=O) groups excluding carboxylic acids is 1. The third-order valence-corrected chi connectivity index (χ3v) is 4.04. The van der Waals surface area contributed by atoms with Crippen LogP contribution in [0.4, 0.5) is 0 Å². The molecule has 0 saturated carbocycles. The van der Waals surface area contributed by atoms with Gasteiger partial charge in [0.05, 0.1) is 12.0 Å². The zero-order valence-corrected chi connectivity index (χ0v) is 10.9. The van der Waals surface area contributed by atoms with Crippen LogP contribution in [0.3, 0.4) is 0 Å². The zero-order chi connectivity index (χ0) is 12.3. The normalized spacial score (nSPS) is 38.0. The Labute approximate surface area is 103 Å². The van der Waals surface area contributed by atoms with Gasteiger partial charge in [-0.25, -0.2) is 0 Å². The van der Waals surface area contributed by atoms with Crippen molar-refractivity contribution in [2.75, 3.05) is 13.2 Å². The number of carbonyl (C=O) groups is 1. The van der Waals surface area contributed by atoms with Gasteiger partial charge in [-0.2, -0.15) is 0 Å². The highest BCUT2D eigenvalue weighted by molar-refractivity contribution is 5.79. The molecule has 4 unspecified atom stereocenters. The van der Waals surface area contributed by atoms with E-state index in [0.29, 0.717) is 6.04 Å². The fraction of sp³-hybridized carbons (Fsp3) is 0.923. The number of hydrogen-bond donors (Lipinski definition) is 2. The van der Waals surface area contributed by atoms with Crippen LogP contribution in [-0.2, 0) is 9.53 Å². The fourth-order valence-corrected chi connectivity index (χ4v) is 2.88. The Bertz CT molecular complexity index is 270. The molecule has 0 radical (unpaired) electrons. The van der Waals surface area contributed by atoms with Gasteiger partial charge in [0, 0.05) is 18.7 Å². The Morgan fingerprint density at radius 3 is 3.00 bits per heavy atom. The molecule has 4 atom stereocenters. The minimum Gasteiger partial charge on any atom is -0.377 e. The van der Waals surface area contributed by atoms with Gasteiger partial charge in [0.1, 0.15) is 0 Å². The molecule has 2 fully saturated rings. The second kappa shape index (κ2) is 5.83. The van der Waals surface area contributed by atoms with Gasteiger partial charge in [-0.3, -0.25) is 4.79 Å². The third kappa shape index (κ3) is 2.99. The maximum atomic E-state index is 12.2. The number of ether oxygens (including phenoxy) is 1. The standard InChI is InChI=1S/C13H24N2O2/c1-3-12-10(6-8-17-12)13(16)15-11-5-4-7-14-9(11)2/h9-12,14H,3-8H2,1-2H3,(H,15,16). The average Bonchev–Trinajstić information content (AvgIpc) is 2.80. The lowest BCUT2D eigenvalue weighted by molar-refractivity contribution is -0.127. The number of amides is 1. The largest absolute Gasteiger partial charge is 0.377 e. The molecule has 0 aromatic carbocycles. The fourth-order valence-electron chi connectivity index (χ4n) is 2.88. The van der Waals surface area contributed by atoms with Crippen molar-refractivity contribution < 1.29 is 9.53 Å². The summed E-state index contributed by atoms with van der Waals surface area (Å²) in [6.07, 6.45) is 4.16. The highest BCUT2D eigenvalue weighted by Crippen LogP contribution is 2.24. The van der Waals surface area contributed by atoms with E-state index >= 15 is 0 Å². The van der Waals surface area contributed by atoms with Crippen LogP contribution in [0.5, 0.6) is 0 Å². The van der Waals surface area contributed by atoms with Crippen molar-refractivity contribution in [1.29, 1.82) is 0 Å². The maximum Gasteiger partial charge on any atom is 0.226 e. The first-order valence-corrected chi connectivity index (χ1v) is 6.87. The Balaban J connectivity index is 1.87. The van der Waals surface area contributed by atoms with E-state index in [1.165, 1.54) is 0 Å². The summed E-state index contributed by atoms with van der Waals surface area (Å²) in [5.41, 5.74) is 0. The van der Waals surface area contributed by atoms with E-state index in [4.69, 9.17) is 4.74 Å². The summed E-state index contributed by atoms with van der Waals surface area (Å²) in [6.45, 7) is 6.03. The van der Waals surface area contributed by atoms with Gasteiger partial charge in [0.2, 0.25) is 5.91 Å². The van der Waals surface area contributed by atoms with Crippen LogP contribution in [0.25, 0.3) is 0 Å². The maximum absolute atomic E-state index is 12.2. The molecule has 17 heavy (non-hydrogen) atoms. The first-order valence-electron chi connectivity index (χ1n) is 6.87. The van der Waals surface area contributed by atoms with Gasteiger partial charge >= 0.3 is 0 Å². The molecule has 2 N–H and O–H groups in total. The summed E-state index contributed by atoms with van der Waals surface area (Å²) in [4.78, 5) is 12.2. The predicted molar refractivity (Wildman–Crippen MR) is 66.8 cm³/mol.